The topological polar surface area (TPSA) is 380 Å². The highest BCUT2D eigenvalue weighted by molar-refractivity contribution is 5.90. The molecule has 4 rings (SSSR count). The van der Waals surface area contributed by atoms with Gasteiger partial charge < -0.3 is 45.9 Å². The Morgan fingerprint density at radius 3 is 0.750 bits per heavy atom. The summed E-state index contributed by atoms with van der Waals surface area (Å²) in [5.74, 6) is 1.27. The van der Waals surface area contributed by atoms with Crippen LogP contribution in [0.2, 0.25) is 0 Å². The largest absolute Gasteiger partial charge is 0.368 e. The summed E-state index contributed by atoms with van der Waals surface area (Å²) in [6, 6.07) is 0. The van der Waals surface area contributed by atoms with E-state index in [1.54, 1.807) is 0 Å². The lowest BCUT2D eigenvalue weighted by atomic mass is 9.60. The van der Waals surface area contributed by atoms with E-state index in [2.05, 4.69) is 59.8 Å². The Balaban J connectivity index is 1.77. The molecule has 4 aromatic heterocycles. The van der Waals surface area contributed by atoms with E-state index in [1.165, 1.54) is 0 Å². The number of ketones is 1. The van der Waals surface area contributed by atoms with E-state index >= 15 is 4.79 Å². The zero-order chi connectivity index (χ0) is 35.1. The number of aryl methyl sites for hydroxylation is 4. The second-order valence-electron chi connectivity index (χ2n) is 11.5. The predicted octanol–water partition coefficient (Wildman–Crippen LogP) is -0.723. The van der Waals surface area contributed by atoms with Crippen LogP contribution in [0.4, 0.5) is 47.6 Å². The lowest BCUT2D eigenvalue weighted by Gasteiger charge is -2.42. The minimum absolute atomic E-state index is 0.0169. The van der Waals surface area contributed by atoms with Crippen molar-refractivity contribution >= 4 is 53.4 Å². The molecule has 0 bridgehead atoms. The number of nitrogens with zero attached hydrogens (tertiary/aromatic N) is 12. The fourth-order valence-electron chi connectivity index (χ4n) is 5.97. The van der Waals surface area contributed by atoms with Gasteiger partial charge in [0.15, 0.2) is 0 Å². The molecule has 4 heterocycles. The molecule has 0 atom stereocenters. The highest BCUT2D eigenvalue weighted by Gasteiger charge is 2.48. The van der Waals surface area contributed by atoms with Crippen LogP contribution in [-0.4, -0.2) is 65.6 Å². The molecule has 0 aliphatic rings. The molecular formula is C27H42N20O. The molecule has 0 saturated heterocycles. The maximum Gasteiger partial charge on any atom is 0.225 e. The lowest BCUT2D eigenvalue weighted by molar-refractivity contribution is -0.142. The minimum atomic E-state index is -0.962. The summed E-state index contributed by atoms with van der Waals surface area (Å²) in [7, 11) is 0. The van der Waals surface area contributed by atoms with Crippen LogP contribution in [0.1, 0.15) is 75.7 Å². The maximum atomic E-state index is 15.4. The van der Waals surface area contributed by atoms with Gasteiger partial charge >= 0.3 is 0 Å². The van der Waals surface area contributed by atoms with Crippen molar-refractivity contribution in [3.63, 3.8) is 0 Å². The number of carbonyl (C=O) groups excluding carboxylic acids is 1. The SMILES string of the molecule is CCC(CCc1nc(N)nc(N)n1)(CCc1nc(N)nc(N)n1)C(=O)C(CC)(CCc1nc(N)nc(N)n1)CCc1nc(N)nc(N)n1. The van der Waals surface area contributed by atoms with Gasteiger partial charge in [-0.1, -0.05) is 13.8 Å². The molecule has 256 valence electrons. The first-order valence-corrected chi connectivity index (χ1v) is 15.3. The van der Waals surface area contributed by atoms with Gasteiger partial charge in [-0.3, -0.25) is 4.79 Å². The normalized spacial score (nSPS) is 11.9. The van der Waals surface area contributed by atoms with E-state index in [1.807, 2.05) is 13.8 Å². The fraction of sp³-hybridized carbons (Fsp3) is 0.519. The number of nitrogen functional groups attached to an aromatic ring is 8. The molecule has 21 heteroatoms. The summed E-state index contributed by atoms with van der Waals surface area (Å²) in [6.07, 6.45) is 3.32. The molecule has 21 nitrogen and oxygen atoms in total. The average molecular weight is 663 g/mol. The number of aromatic nitrogens is 12. The van der Waals surface area contributed by atoms with E-state index < -0.39 is 10.8 Å². The number of anilines is 8. The summed E-state index contributed by atoms with van der Waals surface area (Å²) >= 11 is 0. The summed E-state index contributed by atoms with van der Waals surface area (Å²) in [5.41, 5.74) is 44.9. The second-order valence-corrected chi connectivity index (χ2v) is 11.5. The van der Waals surface area contributed by atoms with E-state index in [9.17, 15) is 0 Å². The van der Waals surface area contributed by atoms with Crippen LogP contribution in [0.25, 0.3) is 0 Å². The molecule has 0 radical (unpaired) electrons. The zero-order valence-electron chi connectivity index (χ0n) is 27.0. The lowest BCUT2D eigenvalue weighted by Crippen LogP contribution is -2.45. The fourth-order valence-corrected chi connectivity index (χ4v) is 5.97. The molecule has 0 amide bonds. The zero-order valence-corrected chi connectivity index (χ0v) is 27.0. The highest BCUT2D eigenvalue weighted by Crippen LogP contribution is 2.46. The van der Waals surface area contributed by atoms with Crippen LogP contribution in [-0.2, 0) is 30.5 Å². The van der Waals surface area contributed by atoms with Crippen molar-refractivity contribution in [2.45, 2.75) is 78.1 Å². The Bertz CT molecular complexity index is 1430. The number of Topliss-reactive ketones (excluding diaryl/α,β-unsaturated/α-hetero) is 1. The first kappa shape index (κ1) is 35.0. The Morgan fingerprint density at radius 1 is 0.396 bits per heavy atom. The average Bonchev–Trinajstić information content (AvgIpc) is 3.00. The van der Waals surface area contributed by atoms with E-state index in [4.69, 9.17) is 45.9 Å². The molecule has 0 spiro atoms. The molecule has 0 aromatic carbocycles. The standard InChI is InChI=1S/C27H42N20O/c1-3-26(9-5-13-36-18(28)44-19(29)37-13,10-6-14-38-20(30)45-21(31)39-14)17(48)27(4-2,11-7-15-40-22(32)46-23(33)41-15)12-8-16-42-24(34)47-25(35)43-16/h3-12H2,1-2H3,(H4,28,29,36,37,44)(H4,30,31,38,39,45)(H4,32,33,40,41,46)(H4,34,35,42,43,47). The minimum Gasteiger partial charge on any atom is -0.368 e. The molecule has 16 N–H and O–H groups in total. The van der Waals surface area contributed by atoms with Gasteiger partial charge in [-0.05, 0) is 38.5 Å². The second kappa shape index (κ2) is 14.7. The van der Waals surface area contributed by atoms with Crippen LogP contribution >= 0.6 is 0 Å². The third-order valence-corrected chi connectivity index (χ3v) is 8.49. The molecule has 0 unspecified atom stereocenters. The smallest absolute Gasteiger partial charge is 0.225 e. The predicted molar refractivity (Wildman–Crippen MR) is 178 cm³/mol. The first-order chi connectivity index (χ1) is 22.7. The number of hydrogen-bond acceptors (Lipinski definition) is 21. The Hall–Kier alpha value is -5.89. The summed E-state index contributed by atoms with van der Waals surface area (Å²) in [5, 5.41) is 0. The number of nitrogens with two attached hydrogens (primary N) is 8. The quantitative estimate of drug-likeness (QED) is 0.0732. The van der Waals surface area contributed by atoms with Gasteiger partial charge in [0.05, 0.1) is 0 Å². The van der Waals surface area contributed by atoms with Crippen LogP contribution in [0.5, 0.6) is 0 Å². The van der Waals surface area contributed by atoms with Crippen LogP contribution in [0.3, 0.4) is 0 Å². The molecule has 0 fully saturated rings. The van der Waals surface area contributed by atoms with E-state index in [0.29, 0.717) is 61.8 Å². The van der Waals surface area contributed by atoms with Crippen molar-refractivity contribution in [2.75, 3.05) is 45.9 Å². The molecule has 0 aliphatic heterocycles. The summed E-state index contributed by atoms with van der Waals surface area (Å²) in [6.45, 7) is 3.90. The van der Waals surface area contributed by atoms with Crippen molar-refractivity contribution in [3.8, 4) is 0 Å². The van der Waals surface area contributed by atoms with Crippen molar-refractivity contribution in [2.24, 2.45) is 10.8 Å². The van der Waals surface area contributed by atoms with Gasteiger partial charge in [-0.2, -0.15) is 59.8 Å². The number of carbonyl (C=O) groups is 1. The first-order valence-electron chi connectivity index (χ1n) is 15.3. The molecule has 48 heavy (non-hydrogen) atoms. The molecule has 4 aromatic rings. The van der Waals surface area contributed by atoms with E-state index in [0.717, 1.165) is 0 Å². The van der Waals surface area contributed by atoms with Crippen LogP contribution in [0, 0.1) is 10.8 Å². The van der Waals surface area contributed by atoms with Crippen molar-refractivity contribution < 1.29 is 4.79 Å². The Kier molecular flexibility index (Phi) is 10.7. The molecule has 0 aliphatic carbocycles. The van der Waals surface area contributed by atoms with Gasteiger partial charge in [-0.25, -0.2) is 0 Å². The maximum absolute atomic E-state index is 15.4. The molecule has 0 saturated carbocycles. The third-order valence-electron chi connectivity index (χ3n) is 8.49. The monoisotopic (exact) mass is 662 g/mol. The summed E-state index contributed by atoms with van der Waals surface area (Å²) < 4.78 is 0. The highest BCUT2D eigenvalue weighted by atomic mass is 16.1. The Labute approximate surface area is 276 Å². The van der Waals surface area contributed by atoms with Gasteiger partial charge in [-0.15, -0.1) is 0 Å². The molecular weight excluding hydrogens is 620 g/mol. The van der Waals surface area contributed by atoms with Crippen LogP contribution < -0.4 is 45.9 Å². The number of hydrogen-bond donors (Lipinski definition) is 8. The van der Waals surface area contributed by atoms with Gasteiger partial charge in [0.1, 0.15) is 29.1 Å². The van der Waals surface area contributed by atoms with Crippen molar-refractivity contribution in [1.82, 2.24) is 59.8 Å². The third kappa shape index (κ3) is 8.67. The summed E-state index contributed by atoms with van der Waals surface area (Å²) in [4.78, 5) is 64.8. The van der Waals surface area contributed by atoms with Gasteiger partial charge in [0, 0.05) is 36.5 Å². The van der Waals surface area contributed by atoms with E-state index in [-0.39, 0.29) is 79.1 Å². The van der Waals surface area contributed by atoms with Crippen molar-refractivity contribution in [1.29, 1.82) is 0 Å². The van der Waals surface area contributed by atoms with Crippen LogP contribution in [0.15, 0.2) is 0 Å². The van der Waals surface area contributed by atoms with Crippen molar-refractivity contribution in [3.05, 3.63) is 23.3 Å². The number of rotatable bonds is 16. The Morgan fingerprint density at radius 2 is 0.583 bits per heavy atom. The van der Waals surface area contributed by atoms with Gasteiger partial charge in [0.25, 0.3) is 0 Å². The van der Waals surface area contributed by atoms with Gasteiger partial charge in [0.2, 0.25) is 47.6 Å².